The van der Waals surface area contributed by atoms with E-state index in [1.807, 2.05) is 0 Å². The molecule has 3 nitrogen and oxygen atoms in total. The van der Waals surface area contributed by atoms with Crippen molar-refractivity contribution in [2.45, 2.75) is 46.6 Å². The van der Waals surface area contributed by atoms with E-state index in [-0.39, 0.29) is 0 Å². The second-order valence-corrected chi connectivity index (χ2v) is 5.96. The van der Waals surface area contributed by atoms with E-state index in [0.29, 0.717) is 25.2 Å². The lowest BCUT2D eigenvalue weighted by Crippen LogP contribution is -2.25. The zero-order valence-corrected chi connectivity index (χ0v) is 14.0. The summed E-state index contributed by atoms with van der Waals surface area (Å²) in [6.07, 6.45) is 2.27. The number of aryl methyl sites for hydroxylation is 1. The zero-order chi connectivity index (χ0) is 15.5. The Balaban J connectivity index is 2.21. The molecule has 1 aromatic carbocycles. The predicted molar refractivity (Wildman–Crippen MR) is 89.1 cm³/mol. The maximum atomic E-state index is 5.67. The summed E-state index contributed by atoms with van der Waals surface area (Å²) in [5.41, 5.74) is 1.36. The molecule has 0 amide bonds. The van der Waals surface area contributed by atoms with Gasteiger partial charge >= 0.3 is 0 Å². The fourth-order valence-corrected chi connectivity index (χ4v) is 2.12. The van der Waals surface area contributed by atoms with Crippen LogP contribution in [-0.4, -0.2) is 32.4 Å². The molecule has 1 aromatic rings. The van der Waals surface area contributed by atoms with Crippen molar-refractivity contribution in [3.8, 4) is 5.75 Å². The second-order valence-electron chi connectivity index (χ2n) is 5.96. The molecule has 1 N–H and O–H groups in total. The quantitative estimate of drug-likeness (QED) is 0.632. The van der Waals surface area contributed by atoms with Crippen molar-refractivity contribution >= 4 is 0 Å². The number of hydrogen-bond acceptors (Lipinski definition) is 3. The number of benzene rings is 1. The van der Waals surface area contributed by atoms with Gasteiger partial charge in [0.25, 0.3) is 0 Å². The second kappa shape index (κ2) is 10.6. The molecule has 1 unspecified atom stereocenters. The fourth-order valence-electron chi connectivity index (χ4n) is 2.12. The molecule has 0 saturated heterocycles. The summed E-state index contributed by atoms with van der Waals surface area (Å²) in [4.78, 5) is 0. The van der Waals surface area contributed by atoms with Gasteiger partial charge in [0.1, 0.15) is 12.4 Å². The van der Waals surface area contributed by atoms with Crippen molar-refractivity contribution in [1.29, 1.82) is 0 Å². The third-order valence-electron chi connectivity index (χ3n) is 3.29. The molecular formula is C18H31NO2. The average molecular weight is 293 g/mol. The maximum absolute atomic E-state index is 5.67. The van der Waals surface area contributed by atoms with Gasteiger partial charge in [0, 0.05) is 12.6 Å². The topological polar surface area (TPSA) is 30.5 Å². The van der Waals surface area contributed by atoms with E-state index < -0.39 is 0 Å². The maximum Gasteiger partial charge on any atom is 0.119 e. The van der Waals surface area contributed by atoms with Crippen molar-refractivity contribution in [2.24, 2.45) is 5.92 Å². The van der Waals surface area contributed by atoms with Crippen LogP contribution in [0.4, 0.5) is 0 Å². The minimum Gasteiger partial charge on any atom is -0.491 e. The Hall–Kier alpha value is -1.06. The molecule has 1 rings (SSSR count). The van der Waals surface area contributed by atoms with Gasteiger partial charge < -0.3 is 14.8 Å². The third kappa shape index (κ3) is 8.74. The molecule has 120 valence electrons. The minimum atomic E-state index is 0.573. The Labute approximate surface area is 130 Å². The largest absolute Gasteiger partial charge is 0.491 e. The molecular weight excluding hydrogens is 262 g/mol. The van der Waals surface area contributed by atoms with E-state index in [1.54, 1.807) is 0 Å². The zero-order valence-electron chi connectivity index (χ0n) is 14.0. The molecule has 0 bridgehead atoms. The van der Waals surface area contributed by atoms with Gasteiger partial charge in [0.2, 0.25) is 0 Å². The van der Waals surface area contributed by atoms with Crippen LogP contribution in [0.1, 0.15) is 39.7 Å². The first-order valence-corrected chi connectivity index (χ1v) is 8.14. The Morgan fingerprint density at radius 1 is 1.05 bits per heavy atom. The molecule has 1 atom stereocenters. The lowest BCUT2D eigenvalue weighted by atomic mass is 10.1. The van der Waals surface area contributed by atoms with Crippen LogP contribution in [0, 0.1) is 5.92 Å². The molecule has 3 heteroatoms. The lowest BCUT2D eigenvalue weighted by Gasteiger charge is -2.12. The van der Waals surface area contributed by atoms with Crippen molar-refractivity contribution in [3.05, 3.63) is 29.8 Å². The van der Waals surface area contributed by atoms with E-state index in [9.17, 15) is 0 Å². The van der Waals surface area contributed by atoms with Gasteiger partial charge in [0.05, 0.1) is 6.61 Å². The Morgan fingerprint density at radius 3 is 2.38 bits per heavy atom. The highest BCUT2D eigenvalue weighted by atomic mass is 16.5. The van der Waals surface area contributed by atoms with Crippen molar-refractivity contribution in [1.82, 2.24) is 5.32 Å². The molecule has 0 aromatic heterocycles. The Kier molecular flexibility index (Phi) is 9.11. The van der Waals surface area contributed by atoms with Gasteiger partial charge in [-0.15, -0.1) is 0 Å². The van der Waals surface area contributed by atoms with E-state index >= 15 is 0 Å². The first-order valence-electron chi connectivity index (χ1n) is 8.14. The van der Waals surface area contributed by atoms with Gasteiger partial charge in [-0.25, -0.2) is 0 Å². The summed E-state index contributed by atoms with van der Waals surface area (Å²) < 4.78 is 11.2. The molecule has 0 fully saturated rings. The first-order chi connectivity index (χ1) is 10.1. The molecule has 0 spiro atoms. The van der Waals surface area contributed by atoms with E-state index in [4.69, 9.17) is 9.47 Å². The average Bonchev–Trinajstić information content (AvgIpc) is 2.46. The Bertz CT molecular complexity index is 362. The number of ether oxygens (including phenoxy) is 2. The summed E-state index contributed by atoms with van der Waals surface area (Å²) in [6, 6.07) is 8.99. The van der Waals surface area contributed by atoms with Crippen LogP contribution in [0.25, 0.3) is 0 Å². The lowest BCUT2D eigenvalue weighted by molar-refractivity contribution is 0.0819. The van der Waals surface area contributed by atoms with E-state index in [1.165, 1.54) is 5.56 Å². The van der Waals surface area contributed by atoms with Crippen molar-refractivity contribution < 1.29 is 9.47 Å². The van der Waals surface area contributed by atoms with Crippen LogP contribution in [0.15, 0.2) is 24.3 Å². The van der Waals surface area contributed by atoms with Gasteiger partial charge in [-0.3, -0.25) is 0 Å². The number of rotatable bonds is 11. The molecule has 0 heterocycles. The van der Waals surface area contributed by atoms with Crippen LogP contribution >= 0.6 is 0 Å². The van der Waals surface area contributed by atoms with E-state index in [2.05, 4.69) is 57.3 Å². The third-order valence-corrected chi connectivity index (χ3v) is 3.29. The van der Waals surface area contributed by atoms with E-state index in [0.717, 1.165) is 31.7 Å². The first kappa shape index (κ1) is 18.0. The van der Waals surface area contributed by atoms with Gasteiger partial charge in [-0.05, 0) is 49.9 Å². The monoisotopic (exact) mass is 293 g/mol. The van der Waals surface area contributed by atoms with Gasteiger partial charge in [0.15, 0.2) is 0 Å². The number of hydrogen-bond donors (Lipinski definition) is 1. The Morgan fingerprint density at radius 2 is 1.76 bits per heavy atom. The summed E-state index contributed by atoms with van der Waals surface area (Å²) in [5.74, 6) is 1.50. The molecule has 0 aliphatic rings. The highest BCUT2D eigenvalue weighted by Gasteiger charge is 2.01. The van der Waals surface area contributed by atoms with Crippen LogP contribution in [0.5, 0.6) is 5.75 Å². The van der Waals surface area contributed by atoms with Crippen molar-refractivity contribution in [2.75, 3.05) is 26.4 Å². The molecule has 0 aliphatic heterocycles. The highest BCUT2D eigenvalue weighted by Crippen LogP contribution is 2.14. The van der Waals surface area contributed by atoms with Crippen LogP contribution in [-0.2, 0) is 11.2 Å². The summed E-state index contributed by atoms with van der Waals surface area (Å²) in [6.45, 7) is 11.8. The standard InChI is InChI=1S/C18H31NO2/c1-5-19-16(4)6-7-17-8-10-18(11-9-17)21-13-12-20-14-15(2)3/h8-11,15-16,19H,5-7,12-14H2,1-4H3. The van der Waals surface area contributed by atoms with Crippen LogP contribution < -0.4 is 10.1 Å². The number of nitrogens with one attached hydrogen (secondary N) is 1. The smallest absolute Gasteiger partial charge is 0.119 e. The van der Waals surface area contributed by atoms with Gasteiger partial charge in [-0.1, -0.05) is 32.9 Å². The summed E-state index contributed by atoms with van der Waals surface area (Å²) in [5, 5.41) is 3.44. The SMILES string of the molecule is CCNC(C)CCc1ccc(OCCOCC(C)C)cc1. The molecule has 21 heavy (non-hydrogen) atoms. The summed E-state index contributed by atoms with van der Waals surface area (Å²) in [7, 11) is 0. The van der Waals surface area contributed by atoms with Crippen molar-refractivity contribution in [3.63, 3.8) is 0 Å². The fraction of sp³-hybridized carbons (Fsp3) is 0.667. The predicted octanol–water partition coefficient (Wildman–Crippen LogP) is 3.67. The highest BCUT2D eigenvalue weighted by molar-refractivity contribution is 5.27. The minimum absolute atomic E-state index is 0.573. The molecule has 0 saturated carbocycles. The van der Waals surface area contributed by atoms with Crippen LogP contribution in [0.3, 0.4) is 0 Å². The van der Waals surface area contributed by atoms with Crippen LogP contribution in [0.2, 0.25) is 0 Å². The molecule has 0 aliphatic carbocycles. The summed E-state index contributed by atoms with van der Waals surface area (Å²) >= 11 is 0. The normalized spacial score (nSPS) is 12.6. The molecule has 0 radical (unpaired) electrons. The van der Waals surface area contributed by atoms with Gasteiger partial charge in [-0.2, -0.15) is 0 Å².